The zero-order valence-corrected chi connectivity index (χ0v) is 22.7. The van der Waals surface area contributed by atoms with E-state index in [1.54, 1.807) is 13.0 Å². The Hall–Kier alpha value is -4.27. The van der Waals surface area contributed by atoms with E-state index in [4.69, 9.17) is 9.47 Å². The second kappa shape index (κ2) is 13.1. The van der Waals surface area contributed by atoms with Gasteiger partial charge in [-0.1, -0.05) is 19.1 Å². The molecule has 0 spiro atoms. The van der Waals surface area contributed by atoms with Gasteiger partial charge in [0.05, 0.1) is 29.3 Å². The van der Waals surface area contributed by atoms with Crippen molar-refractivity contribution in [2.24, 2.45) is 0 Å². The second-order valence-electron chi connectivity index (χ2n) is 9.16. The van der Waals surface area contributed by atoms with E-state index in [0.29, 0.717) is 36.4 Å². The smallest absolute Gasteiger partial charge is 0.416 e. The number of urea groups is 2. The Morgan fingerprint density at radius 2 is 1.57 bits per heavy atom. The monoisotopic (exact) mass is 602 g/mol. The molecule has 1 aliphatic rings. The minimum Gasteiger partial charge on any atom is -0.460 e. The first-order valence-electron chi connectivity index (χ1n) is 12.6. The van der Waals surface area contributed by atoms with Crippen LogP contribution in [0.3, 0.4) is 0 Å². The number of anilines is 2. The van der Waals surface area contributed by atoms with Crippen LogP contribution in [0.25, 0.3) is 0 Å². The summed E-state index contributed by atoms with van der Waals surface area (Å²) in [4.78, 5) is 39.8. The van der Waals surface area contributed by atoms with Gasteiger partial charge in [-0.2, -0.15) is 26.3 Å². The maximum Gasteiger partial charge on any atom is 0.416 e. The SMILES string of the molecule is CCCN1C(=O)NC(c2cccc(NC(=O)Nc3cc(C(F)(F)F)cc(C(F)(F)F)c3)c2)C(C(=O)OCCOC)=C1C. The van der Waals surface area contributed by atoms with Crippen molar-refractivity contribution in [3.8, 4) is 0 Å². The quantitative estimate of drug-likeness (QED) is 0.177. The first-order valence-corrected chi connectivity index (χ1v) is 12.6. The Balaban J connectivity index is 1.89. The highest BCUT2D eigenvalue weighted by Crippen LogP contribution is 2.38. The summed E-state index contributed by atoms with van der Waals surface area (Å²) < 4.78 is 89.2. The van der Waals surface area contributed by atoms with Gasteiger partial charge in [0, 0.05) is 30.7 Å². The number of methoxy groups -OCH3 is 1. The van der Waals surface area contributed by atoms with Crippen molar-refractivity contribution in [3.63, 3.8) is 0 Å². The molecule has 1 unspecified atom stereocenters. The fraction of sp³-hybridized carbons (Fsp3) is 0.370. The average molecular weight is 603 g/mol. The molecule has 1 aliphatic heterocycles. The lowest BCUT2D eigenvalue weighted by Crippen LogP contribution is -2.48. The predicted octanol–water partition coefficient (Wildman–Crippen LogP) is 6.31. The molecule has 2 aromatic carbocycles. The number of esters is 1. The van der Waals surface area contributed by atoms with Crippen LogP contribution in [0.1, 0.15) is 43.0 Å². The van der Waals surface area contributed by atoms with Crippen LogP contribution in [0.5, 0.6) is 0 Å². The van der Waals surface area contributed by atoms with Crippen molar-refractivity contribution < 1.29 is 50.2 Å². The maximum absolute atomic E-state index is 13.2. The van der Waals surface area contributed by atoms with Crippen LogP contribution in [0.15, 0.2) is 53.7 Å². The third-order valence-electron chi connectivity index (χ3n) is 6.11. The molecule has 0 bridgehead atoms. The molecule has 0 fully saturated rings. The molecule has 3 rings (SSSR count). The normalized spacial score (nSPS) is 15.8. The minimum atomic E-state index is -5.09. The standard InChI is InChI=1S/C27H28F6N4O5/c1-4-8-37-15(2)21(23(38)42-10-9-41-3)22(36-25(37)40)16-6-5-7-19(11-16)34-24(39)35-20-13-17(26(28,29)30)12-18(14-20)27(31,32)33/h5-7,11-14,22H,4,8-10H2,1-3H3,(H,36,40)(H2,34,35,39). The number of rotatable bonds is 9. The summed E-state index contributed by atoms with van der Waals surface area (Å²) >= 11 is 0. The summed E-state index contributed by atoms with van der Waals surface area (Å²) in [5, 5.41) is 7.06. The van der Waals surface area contributed by atoms with Gasteiger partial charge < -0.3 is 25.4 Å². The Morgan fingerprint density at radius 1 is 0.952 bits per heavy atom. The number of alkyl halides is 6. The van der Waals surface area contributed by atoms with Crippen molar-refractivity contribution in [2.75, 3.05) is 37.5 Å². The van der Waals surface area contributed by atoms with Crippen LogP contribution in [-0.2, 0) is 26.6 Å². The van der Waals surface area contributed by atoms with Gasteiger partial charge in [-0.05, 0) is 49.2 Å². The number of amides is 4. The Kier molecular flexibility index (Phi) is 10.1. The van der Waals surface area contributed by atoms with Gasteiger partial charge in [0.15, 0.2) is 0 Å². The van der Waals surface area contributed by atoms with Crippen LogP contribution >= 0.6 is 0 Å². The highest BCUT2D eigenvalue weighted by molar-refractivity contribution is 6.00. The minimum absolute atomic E-state index is 0.0477. The van der Waals surface area contributed by atoms with Gasteiger partial charge in [0.25, 0.3) is 0 Å². The van der Waals surface area contributed by atoms with E-state index in [1.807, 2.05) is 12.2 Å². The molecule has 9 nitrogen and oxygen atoms in total. The fourth-order valence-electron chi connectivity index (χ4n) is 4.20. The maximum atomic E-state index is 13.2. The number of ether oxygens (including phenoxy) is 2. The van der Waals surface area contributed by atoms with Crippen molar-refractivity contribution in [2.45, 2.75) is 38.7 Å². The number of benzene rings is 2. The fourth-order valence-corrected chi connectivity index (χ4v) is 4.20. The molecule has 0 aliphatic carbocycles. The molecule has 0 saturated carbocycles. The number of hydrogen-bond acceptors (Lipinski definition) is 5. The molecule has 228 valence electrons. The topological polar surface area (TPSA) is 109 Å². The molecule has 15 heteroatoms. The number of hydrogen-bond donors (Lipinski definition) is 3. The summed E-state index contributed by atoms with van der Waals surface area (Å²) in [5.74, 6) is -0.711. The first kappa shape index (κ1) is 32.2. The van der Waals surface area contributed by atoms with Crippen LogP contribution in [0.2, 0.25) is 0 Å². The molecule has 0 saturated heterocycles. The van der Waals surface area contributed by atoms with Gasteiger partial charge >= 0.3 is 30.4 Å². The molecule has 1 heterocycles. The largest absolute Gasteiger partial charge is 0.460 e. The Bertz CT molecular complexity index is 1330. The lowest BCUT2D eigenvalue weighted by molar-refractivity contribution is -0.143. The van der Waals surface area contributed by atoms with E-state index in [9.17, 15) is 40.7 Å². The lowest BCUT2D eigenvalue weighted by Gasteiger charge is -2.35. The Morgan fingerprint density at radius 3 is 2.14 bits per heavy atom. The highest BCUT2D eigenvalue weighted by Gasteiger charge is 2.38. The van der Waals surface area contributed by atoms with E-state index in [2.05, 4.69) is 10.6 Å². The van der Waals surface area contributed by atoms with Gasteiger partial charge in [-0.15, -0.1) is 0 Å². The summed E-state index contributed by atoms with van der Waals surface area (Å²) in [7, 11) is 1.43. The summed E-state index contributed by atoms with van der Waals surface area (Å²) in [6.07, 6.45) is -9.58. The highest BCUT2D eigenvalue weighted by atomic mass is 19.4. The Labute approximate surface area is 236 Å². The molecule has 42 heavy (non-hydrogen) atoms. The summed E-state index contributed by atoms with van der Waals surface area (Å²) in [6.45, 7) is 3.86. The van der Waals surface area contributed by atoms with Gasteiger partial charge in [0.2, 0.25) is 0 Å². The number of carbonyl (C=O) groups excluding carboxylic acids is 3. The number of nitrogens with zero attached hydrogens (tertiary/aromatic N) is 1. The number of halogens is 6. The predicted molar refractivity (Wildman–Crippen MR) is 139 cm³/mol. The van der Waals surface area contributed by atoms with Crippen molar-refractivity contribution in [3.05, 3.63) is 70.4 Å². The molecule has 0 radical (unpaired) electrons. The van der Waals surface area contributed by atoms with Crippen LogP contribution in [0, 0.1) is 0 Å². The van der Waals surface area contributed by atoms with Crippen molar-refractivity contribution in [1.29, 1.82) is 0 Å². The number of carbonyl (C=O) groups is 3. The molecular weight excluding hydrogens is 574 g/mol. The first-order chi connectivity index (χ1) is 19.6. The van der Waals surface area contributed by atoms with Gasteiger partial charge in [-0.25, -0.2) is 14.4 Å². The zero-order valence-electron chi connectivity index (χ0n) is 22.7. The van der Waals surface area contributed by atoms with E-state index >= 15 is 0 Å². The second-order valence-corrected chi connectivity index (χ2v) is 9.16. The zero-order chi connectivity index (χ0) is 31.2. The molecule has 1 atom stereocenters. The van der Waals surface area contributed by atoms with E-state index in [1.165, 1.54) is 30.2 Å². The van der Waals surface area contributed by atoms with Crippen molar-refractivity contribution in [1.82, 2.24) is 10.2 Å². The molecule has 3 N–H and O–H groups in total. The van der Waals surface area contributed by atoms with E-state index in [-0.39, 0.29) is 30.5 Å². The van der Waals surface area contributed by atoms with Crippen LogP contribution in [-0.4, -0.2) is 49.8 Å². The van der Waals surface area contributed by atoms with Gasteiger partial charge in [0.1, 0.15) is 6.61 Å². The third kappa shape index (κ3) is 7.93. The van der Waals surface area contributed by atoms with Crippen LogP contribution in [0.4, 0.5) is 47.3 Å². The van der Waals surface area contributed by atoms with Crippen LogP contribution < -0.4 is 16.0 Å². The van der Waals surface area contributed by atoms with E-state index < -0.39 is 53.2 Å². The van der Waals surface area contributed by atoms with Gasteiger partial charge in [-0.3, -0.25) is 4.90 Å². The number of nitrogens with one attached hydrogen (secondary N) is 3. The summed E-state index contributed by atoms with van der Waals surface area (Å²) in [5.41, 5.74) is -3.02. The molecule has 4 amide bonds. The molecule has 2 aromatic rings. The lowest BCUT2D eigenvalue weighted by atomic mass is 9.94. The molecule has 0 aromatic heterocycles. The number of allylic oxidation sites excluding steroid dienone is 1. The van der Waals surface area contributed by atoms with E-state index in [0.717, 1.165) is 0 Å². The van der Waals surface area contributed by atoms with Crippen molar-refractivity contribution >= 4 is 29.4 Å². The summed E-state index contributed by atoms with van der Waals surface area (Å²) in [6, 6.07) is 3.91. The third-order valence-corrected chi connectivity index (χ3v) is 6.11. The average Bonchev–Trinajstić information content (AvgIpc) is 2.89. The molecular formula is C27H28F6N4O5.